The van der Waals surface area contributed by atoms with Crippen molar-refractivity contribution in [2.24, 2.45) is 5.92 Å². The summed E-state index contributed by atoms with van der Waals surface area (Å²) < 4.78 is 15.7. The molecule has 1 N–H and O–H groups in total. The highest BCUT2D eigenvalue weighted by atomic mass is 16.5. The van der Waals surface area contributed by atoms with Crippen molar-refractivity contribution in [2.45, 2.75) is 46.2 Å². The molecule has 5 heterocycles. The Bertz CT molecular complexity index is 1030. The first-order valence-corrected chi connectivity index (χ1v) is 9.88. The van der Waals surface area contributed by atoms with E-state index in [2.05, 4.69) is 33.9 Å². The molecule has 1 fully saturated rings. The third-order valence-electron chi connectivity index (χ3n) is 5.69. The molecule has 0 amide bonds. The third-order valence-corrected chi connectivity index (χ3v) is 5.69. The lowest BCUT2D eigenvalue weighted by Gasteiger charge is -2.29. The van der Waals surface area contributed by atoms with Gasteiger partial charge in [0.15, 0.2) is 5.65 Å². The topological polar surface area (TPSA) is 91.9 Å². The maximum absolute atomic E-state index is 6.07. The fourth-order valence-electron chi connectivity index (χ4n) is 4.11. The van der Waals surface area contributed by atoms with Crippen molar-refractivity contribution in [2.75, 3.05) is 25.1 Å². The zero-order valence-electron chi connectivity index (χ0n) is 16.5. The minimum Gasteiger partial charge on any atom is -0.475 e. The summed E-state index contributed by atoms with van der Waals surface area (Å²) in [5.74, 6) is 1.54. The summed E-state index contributed by atoms with van der Waals surface area (Å²) >= 11 is 0. The standard InChI is InChI=1S/C19H25N7O2/c1-11-10-27-8-5-15(11)26-13(3)16-18(24-26)28-7-4-6-25-17-14(12(2)23-25)9-20-19(21-16)22-17/h9,11,15H,4-8,10H2,1-3H3,(H,20,21,22)/t11-,15-/m0/s1. The second-order valence-corrected chi connectivity index (χ2v) is 7.68. The van der Waals surface area contributed by atoms with Crippen molar-refractivity contribution in [1.29, 1.82) is 0 Å². The number of aromatic nitrogens is 6. The SMILES string of the molecule is Cc1nn2c3nc(ncc13)Nc1c(nn([C@H]3CCOC[C@@H]3C)c1C)OCCC2. The van der Waals surface area contributed by atoms with E-state index in [0.717, 1.165) is 60.7 Å². The fourth-order valence-corrected chi connectivity index (χ4v) is 4.11. The van der Waals surface area contributed by atoms with Crippen LogP contribution in [0.25, 0.3) is 11.0 Å². The van der Waals surface area contributed by atoms with E-state index in [-0.39, 0.29) is 0 Å². The molecule has 0 aliphatic carbocycles. The molecule has 28 heavy (non-hydrogen) atoms. The number of nitrogens with zero attached hydrogens (tertiary/aromatic N) is 6. The van der Waals surface area contributed by atoms with Crippen molar-refractivity contribution in [1.82, 2.24) is 29.5 Å². The van der Waals surface area contributed by atoms with Crippen LogP contribution in [0.2, 0.25) is 0 Å². The quantitative estimate of drug-likeness (QED) is 0.691. The Kier molecular flexibility index (Phi) is 4.19. The number of hydrogen-bond donors (Lipinski definition) is 1. The van der Waals surface area contributed by atoms with Crippen LogP contribution in [0.1, 0.15) is 37.2 Å². The maximum atomic E-state index is 6.07. The molecule has 2 bridgehead atoms. The predicted octanol–water partition coefficient (Wildman–Crippen LogP) is 2.76. The van der Waals surface area contributed by atoms with Crippen molar-refractivity contribution in [3.63, 3.8) is 0 Å². The molecule has 9 heteroatoms. The molecule has 5 rings (SSSR count). The Morgan fingerprint density at radius 3 is 2.96 bits per heavy atom. The smallest absolute Gasteiger partial charge is 0.257 e. The molecule has 0 aromatic carbocycles. The van der Waals surface area contributed by atoms with Crippen LogP contribution < -0.4 is 10.1 Å². The molecule has 0 unspecified atom stereocenters. The molecular weight excluding hydrogens is 358 g/mol. The van der Waals surface area contributed by atoms with Gasteiger partial charge in [-0.25, -0.2) is 9.67 Å². The zero-order valence-corrected chi connectivity index (χ0v) is 16.5. The molecule has 3 aromatic rings. The highest BCUT2D eigenvalue weighted by molar-refractivity contribution is 5.79. The van der Waals surface area contributed by atoms with E-state index in [1.165, 1.54) is 0 Å². The Labute approximate surface area is 163 Å². The number of rotatable bonds is 1. The monoisotopic (exact) mass is 383 g/mol. The third kappa shape index (κ3) is 2.81. The molecule has 1 saturated heterocycles. The van der Waals surface area contributed by atoms with Gasteiger partial charge >= 0.3 is 0 Å². The molecule has 3 aromatic heterocycles. The van der Waals surface area contributed by atoms with Crippen LogP contribution in [-0.2, 0) is 11.3 Å². The second kappa shape index (κ2) is 6.73. The molecule has 0 radical (unpaired) electrons. The van der Waals surface area contributed by atoms with Gasteiger partial charge in [0, 0.05) is 31.7 Å². The van der Waals surface area contributed by atoms with Gasteiger partial charge in [-0.15, -0.1) is 5.10 Å². The number of ether oxygens (including phenoxy) is 2. The minimum atomic E-state index is 0.298. The van der Waals surface area contributed by atoms with E-state index in [0.29, 0.717) is 30.4 Å². The van der Waals surface area contributed by atoms with Crippen molar-refractivity contribution < 1.29 is 9.47 Å². The molecule has 0 spiro atoms. The Balaban J connectivity index is 1.58. The summed E-state index contributed by atoms with van der Waals surface area (Å²) in [6, 6.07) is 0.298. The zero-order chi connectivity index (χ0) is 19.3. The van der Waals surface area contributed by atoms with Gasteiger partial charge in [-0.3, -0.25) is 4.68 Å². The predicted molar refractivity (Wildman–Crippen MR) is 104 cm³/mol. The lowest BCUT2D eigenvalue weighted by Crippen LogP contribution is -2.29. The summed E-state index contributed by atoms with van der Waals surface area (Å²) in [5, 5.41) is 13.7. The number of fused-ring (bicyclic) bond motifs is 2. The van der Waals surface area contributed by atoms with Crippen molar-refractivity contribution in [3.05, 3.63) is 17.6 Å². The van der Waals surface area contributed by atoms with Crippen LogP contribution in [-0.4, -0.2) is 49.3 Å². The molecule has 2 aliphatic rings. The van der Waals surface area contributed by atoms with Crippen LogP contribution in [0.4, 0.5) is 11.6 Å². The van der Waals surface area contributed by atoms with Gasteiger partial charge in [0.1, 0.15) is 5.69 Å². The lowest BCUT2D eigenvalue weighted by atomic mass is 9.98. The summed E-state index contributed by atoms with van der Waals surface area (Å²) in [6.45, 7) is 9.08. The second-order valence-electron chi connectivity index (χ2n) is 7.68. The highest BCUT2D eigenvalue weighted by Gasteiger charge is 2.29. The number of hydrogen-bond acceptors (Lipinski definition) is 7. The minimum absolute atomic E-state index is 0.298. The maximum Gasteiger partial charge on any atom is 0.257 e. The van der Waals surface area contributed by atoms with Gasteiger partial charge in [0.2, 0.25) is 5.95 Å². The largest absolute Gasteiger partial charge is 0.475 e. The van der Waals surface area contributed by atoms with Gasteiger partial charge in [-0.1, -0.05) is 6.92 Å². The van der Waals surface area contributed by atoms with Crippen LogP contribution in [0.15, 0.2) is 6.20 Å². The molecule has 2 atom stereocenters. The average molecular weight is 383 g/mol. The lowest BCUT2D eigenvalue weighted by molar-refractivity contribution is 0.0240. The fraction of sp³-hybridized carbons (Fsp3) is 0.579. The van der Waals surface area contributed by atoms with E-state index in [9.17, 15) is 0 Å². The van der Waals surface area contributed by atoms with Gasteiger partial charge < -0.3 is 14.8 Å². The molecule has 9 nitrogen and oxygen atoms in total. The highest BCUT2D eigenvalue weighted by Crippen LogP contribution is 2.36. The van der Waals surface area contributed by atoms with Crippen LogP contribution >= 0.6 is 0 Å². The molecule has 2 aliphatic heterocycles. The van der Waals surface area contributed by atoms with Gasteiger partial charge in [-0.05, 0) is 20.3 Å². The van der Waals surface area contributed by atoms with Crippen LogP contribution in [0.5, 0.6) is 5.88 Å². The van der Waals surface area contributed by atoms with E-state index >= 15 is 0 Å². The van der Waals surface area contributed by atoms with Crippen LogP contribution in [0.3, 0.4) is 0 Å². The van der Waals surface area contributed by atoms with Crippen molar-refractivity contribution in [3.8, 4) is 5.88 Å². The van der Waals surface area contributed by atoms with E-state index in [1.54, 1.807) is 0 Å². The first kappa shape index (κ1) is 17.4. The first-order valence-electron chi connectivity index (χ1n) is 9.88. The molecular formula is C19H25N7O2. The molecule has 0 saturated carbocycles. The van der Waals surface area contributed by atoms with Crippen molar-refractivity contribution >= 4 is 22.7 Å². The summed E-state index contributed by atoms with van der Waals surface area (Å²) in [6.07, 6.45) is 3.61. The first-order chi connectivity index (χ1) is 13.6. The number of aryl methyl sites for hydroxylation is 2. The van der Waals surface area contributed by atoms with E-state index < -0.39 is 0 Å². The summed E-state index contributed by atoms with van der Waals surface area (Å²) in [4.78, 5) is 9.22. The Hall–Kier alpha value is -2.68. The Morgan fingerprint density at radius 1 is 1.21 bits per heavy atom. The normalized spacial score (nSPS) is 22.4. The van der Waals surface area contributed by atoms with E-state index in [1.807, 2.05) is 17.8 Å². The van der Waals surface area contributed by atoms with E-state index in [4.69, 9.17) is 19.6 Å². The number of nitrogens with one attached hydrogen (secondary N) is 1. The average Bonchev–Trinajstić information content (AvgIpc) is 3.16. The van der Waals surface area contributed by atoms with Gasteiger partial charge in [0.05, 0.1) is 36.0 Å². The van der Waals surface area contributed by atoms with Gasteiger partial charge in [-0.2, -0.15) is 10.1 Å². The molecule has 148 valence electrons. The van der Waals surface area contributed by atoms with Crippen LogP contribution in [0, 0.1) is 19.8 Å². The summed E-state index contributed by atoms with van der Waals surface area (Å²) in [5.41, 5.74) is 3.66. The summed E-state index contributed by atoms with van der Waals surface area (Å²) in [7, 11) is 0. The number of anilines is 2. The Morgan fingerprint density at radius 2 is 2.11 bits per heavy atom. The van der Waals surface area contributed by atoms with Gasteiger partial charge in [0.25, 0.3) is 5.88 Å².